The Kier molecular flexibility index (Phi) is 22.8. The number of ether oxygens (including phenoxy) is 4. The molecule has 6 aromatic heterocycles. The average Bonchev–Trinajstić information content (AvgIpc) is 4.57. The Morgan fingerprint density at radius 2 is 1.01 bits per heavy atom. The van der Waals surface area contributed by atoms with Crippen molar-refractivity contribution in [2.45, 2.75) is 21.1 Å². The number of nitrogens with zero attached hydrogens (tertiary/aromatic N) is 3. The van der Waals surface area contributed by atoms with Crippen LogP contribution in [-0.4, -0.2) is 54.6 Å². The average molecular weight is 1260 g/mol. The summed E-state index contributed by atoms with van der Waals surface area (Å²) < 4.78 is 32.2. The molecule has 0 aliphatic carbocycles. The van der Waals surface area contributed by atoms with Gasteiger partial charge in [-0.1, -0.05) is 163 Å². The highest BCUT2D eigenvalue weighted by atomic mass is 32.2. The van der Waals surface area contributed by atoms with Gasteiger partial charge in [-0.05, 0) is 131 Å². The van der Waals surface area contributed by atoms with Crippen molar-refractivity contribution in [2.24, 2.45) is 0 Å². The summed E-state index contributed by atoms with van der Waals surface area (Å²) in [5.74, 6) is 4.56. The smallest absolute Gasteiger partial charge is 0.231 e. The van der Waals surface area contributed by atoms with Crippen LogP contribution in [-0.2, 0) is 6.42 Å². The van der Waals surface area contributed by atoms with Gasteiger partial charge in [0.1, 0.15) is 28.5 Å². The maximum Gasteiger partial charge on any atom is 0.231 e. The van der Waals surface area contributed by atoms with Gasteiger partial charge in [-0.25, -0.2) is 9.97 Å². The van der Waals surface area contributed by atoms with Crippen molar-refractivity contribution in [1.29, 1.82) is 0 Å². The second kappa shape index (κ2) is 33.3. The molecule has 448 valence electrons. The molecule has 0 unspecified atom stereocenters. The lowest BCUT2D eigenvalue weighted by atomic mass is 10.2. The first kappa shape index (κ1) is 61.5. The third kappa shape index (κ3) is 18.0. The number of nitrogens with one attached hydrogen (secondary N) is 3. The highest BCUT2D eigenvalue weighted by Gasteiger charge is 2.12. The number of hydrogen-bond donors (Lipinski definition) is 3. The summed E-state index contributed by atoms with van der Waals surface area (Å²) in [4.78, 5) is 18.3. The Morgan fingerprint density at radius 3 is 1.72 bits per heavy atom. The van der Waals surface area contributed by atoms with E-state index in [2.05, 4.69) is 120 Å². The van der Waals surface area contributed by atoms with Crippen LogP contribution in [0.3, 0.4) is 0 Å². The normalized spacial score (nSPS) is 12.0. The second-order valence-electron chi connectivity index (χ2n) is 19.4. The van der Waals surface area contributed by atoms with E-state index in [0.717, 1.165) is 86.0 Å². The molecule has 0 bridgehead atoms. The number of para-hydroxylation sites is 11. The van der Waals surface area contributed by atoms with Crippen LogP contribution in [0.25, 0.3) is 65.0 Å². The van der Waals surface area contributed by atoms with Crippen LogP contribution in [0.5, 0.6) is 23.0 Å². The van der Waals surface area contributed by atoms with E-state index in [1.165, 1.54) is 52.7 Å². The Balaban J connectivity index is 0.000000103. The summed E-state index contributed by atoms with van der Waals surface area (Å²) in [7, 11) is 0. The molecule has 10 aromatic carbocycles. The highest BCUT2D eigenvalue weighted by molar-refractivity contribution is 8.18. The number of rotatable bonds is 0. The topological polar surface area (TPSA) is 149 Å². The highest BCUT2D eigenvalue weighted by Crippen LogP contribution is 2.41. The lowest BCUT2D eigenvalue weighted by Gasteiger charge is -1.93. The molecule has 90 heavy (non-hydrogen) atoms. The Labute approximate surface area is 537 Å². The lowest BCUT2D eigenvalue weighted by Crippen LogP contribution is -1.92. The fourth-order valence-corrected chi connectivity index (χ4v) is 13.0. The summed E-state index contributed by atoms with van der Waals surface area (Å²) in [6.45, 7) is 1.22. The number of thiophene rings is 1. The third-order valence-corrected chi connectivity index (χ3v) is 17.7. The molecular weight excluding hydrogens is 1200 g/mol. The van der Waals surface area contributed by atoms with Gasteiger partial charge in [-0.15, -0.1) is 34.9 Å². The van der Waals surface area contributed by atoms with E-state index in [9.17, 15) is 0 Å². The first-order chi connectivity index (χ1) is 44.7. The molecule has 4 aliphatic rings. The minimum atomic E-state index is 0.360. The van der Waals surface area contributed by atoms with Crippen molar-refractivity contribution in [2.75, 3.05) is 24.4 Å². The van der Waals surface area contributed by atoms with Gasteiger partial charge < -0.3 is 37.7 Å². The molecule has 3 N–H and O–H groups in total. The SMILES string of the molecule is c1ccc2[nH]ccc2c1.c1ccc2[nH]cnc2c1.c1ccc2[nH]ncc2c1.c1ccc2c(c1)CCO2.c1ccc2c(c1)OCO2.c1ccc2c(c1)OCS2.c1ccc2c(c1)SCS2.c1ccc2occc2c1.c1ccc2ocnc2c1.c1ccc2sccc2c1. The van der Waals surface area contributed by atoms with Crippen LogP contribution in [0.15, 0.2) is 321 Å². The molecular formula is C74H62N6O6S4. The summed E-state index contributed by atoms with van der Waals surface area (Å²) in [6.07, 6.45) is 9.69. The van der Waals surface area contributed by atoms with Gasteiger partial charge in [0, 0.05) is 48.5 Å². The number of imidazole rings is 1. The van der Waals surface area contributed by atoms with Crippen molar-refractivity contribution >= 4 is 112 Å². The number of fused-ring (bicyclic) bond motifs is 10. The number of oxazole rings is 1. The van der Waals surface area contributed by atoms with Crippen molar-refractivity contribution < 1.29 is 27.8 Å². The molecule has 0 amide bonds. The van der Waals surface area contributed by atoms with E-state index in [1.807, 2.05) is 212 Å². The summed E-state index contributed by atoms with van der Waals surface area (Å²) in [5, 5.41) is 15.0. The summed E-state index contributed by atoms with van der Waals surface area (Å²) >= 11 is 7.39. The molecule has 16 heteroatoms. The molecule has 16 aromatic rings. The number of thioether (sulfide) groups is 3. The molecule has 0 saturated carbocycles. The van der Waals surface area contributed by atoms with Gasteiger partial charge in [-0.2, -0.15) is 5.10 Å². The molecule has 0 radical (unpaired) electrons. The van der Waals surface area contributed by atoms with E-state index in [4.69, 9.17) is 27.8 Å². The maximum absolute atomic E-state index is 5.30. The summed E-state index contributed by atoms with van der Waals surface area (Å²) in [6, 6.07) is 86.8. The molecule has 20 rings (SSSR count). The Bertz CT molecular complexity index is 3750. The first-order valence-electron chi connectivity index (χ1n) is 28.8. The largest absolute Gasteiger partial charge is 0.493 e. The van der Waals surface area contributed by atoms with Gasteiger partial charge in [-0.3, -0.25) is 5.10 Å². The quantitative estimate of drug-likeness (QED) is 0.133. The number of furan rings is 1. The number of hydrogen-bond acceptors (Lipinski definition) is 13. The predicted molar refractivity (Wildman–Crippen MR) is 372 cm³/mol. The van der Waals surface area contributed by atoms with Gasteiger partial charge >= 0.3 is 0 Å². The monoisotopic (exact) mass is 1260 g/mol. The van der Waals surface area contributed by atoms with Crippen molar-refractivity contribution in [1.82, 2.24) is 30.1 Å². The van der Waals surface area contributed by atoms with E-state index in [0.29, 0.717) is 6.79 Å². The van der Waals surface area contributed by atoms with E-state index in [1.54, 1.807) is 35.7 Å². The number of aromatic amines is 3. The molecule has 12 nitrogen and oxygen atoms in total. The van der Waals surface area contributed by atoms with Crippen LogP contribution < -0.4 is 18.9 Å². The number of H-pyrrole nitrogens is 3. The van der Waals surface area contributed by atoms with Crippen LogP contribution >= 0.6 is 46.6 Å². The van der Waals surface area contributed by atoms with Gasteiger partial charge in [0.05, 0.1) is 46.8 Å². The van der Waals surface area contributed by atoms with Crippen LogP contribution in [0.2, 0.25) is 0 Å². The molecule has 4 aliphatic heterocycles. The standard InChI is InChI=1S/C8H7N.C8H8O.C8H6O.C8H6S.2C7H6N2.C7H5NO.C7H6O2.C7H6OS.C7H6S2/c4*1-2-4-8-7(3-1)5-6-9-8;1-2-4-7-6(3-1)8-5-9-7;1-2-4-7-6(3-1)5-8-9-7;4*1-2-4-7-6(3-1)8-5-9-7/h1-6,9H;1-4H,5-6H2;2*1-6H;2*1-5H,(H,8,9);1-5H;3*1-4H,5H2. The number of benzene rings is 10. The second-order valence-corrected chi connectivity index (χ2v) is 23.8. The molecule has 0 saturated heterocycles. The summed E-state index contributed by atoms with van der Waals surface area (Å²) in [5.41, 5.74) is 8.48. The predicted octanol–water partition coefficient (Wildman–Crippen LogP) is 20.5. The van der Waals surface area contributed by atoms with Gasteiger partial charge in [0.25, 0.3) is 0 Å². The van der Waals surface area contributed by atoms with Crippen molar-refractivity contribution in [3.63, 3.8) is 0 Å². The molecule has 0 atom stereocenters. The van der Waals surface area contributed by atoms with Crippen molar-refractivity contribution in [3.05, 3.63) is 303 Å². The van der Waals surface area contributed by atoms with Crippen LogP contribution in [0.4, 0.5) is 0 Å². The molecule has 0 spiro atoms. The minimum Gasteiger partial charge on any atom is -0.493 e. The van der Waals surface area contributed by atoms with Gasteiger partial charge in [0.2, 0.25) is 6.79 Å². The zero-order chi connectivity index (χ0) is 61.0. The Hall–Kier alpha value is -10.1. The van der Waals surface area contributed by atoms with E-state index in [-0.39, 0.29) is 0 Å². The molecule has 10 heterocycles. The zero-order valence-electron chi connectivity index (χ0n) is 48.7. The van der Waals surface area contributed by atoms with Gasteiger partial charge in [0.15, 0.2) is 23.5 Å². The fraction of sp³-hybridized carbons (Fsp3) is 0.0676. The lowest BCUT2D eigenvalue weighted by molar-refractivity contribution is 0.174. The third-order valence-electron chi connectivity index (χ3n) is 13.5. The van der Waals surface area contributed by atoms with Crippen LogP contribution in [0.1, 0.15) is 5.56 Å². The van der Waals surface area contributed by atoms with E-state index >= 15 is 0 Å². The maximum atomic E-state index is 5.30. The van der Waals surface area contributed by atoms with E-state index < -0.39 is 0 Å². The van der Waals surface area contributed by atoms with Crippen molar-refractivity contribution in [3.8, 4) is 23.0 Å². The molecule has 0 fully saturated rings. The Morgan fingerprint density at radius 1 is 0.400 bits per heavy atom. The zero-order valence-corrected chi connectivity index (χ0v) is 52.0. The number of aromatic nitrogens is 6. The fourth-order valence-electron chi connectivity index (χ4n) is 9.03. The van der Waals surface area contributed by atoms with Crippen LogP contribution in [0, 0.1) is 0 Å². The minimum absolute atomic E-state index is 0.360. The first-order valence-corrected chi connectivity index (χ1v) is 32.7.